The van der Waals surface area contributed by atoms with E-state index in [1.807, 2.05) is 0 Å². The third-order valence-corrected chi connectivity index (χ3v) is 3.01. The van der Waals surface area contributed by atoms with E-state index in [4.69, 9.17) is 9.84 Å². The Hall–Kier alpha value is -1.83. The molecule has 0 heterocycles. The second-order valence-corrected chi connectivity index (χ2v) is 4.39. The minimum Gasteiger partial charge on any atom is -0.480 e. The number of methoxy groups -OCH3 is 1. The lowest BCUT2D eigenvalue weighted by molar-refractivity contribution is -0.148. The van der Waals surface area contributed by atoms with Gasteiger partial charge in [-0.05, 0) is 19.3 Å². The summed E-state index contributed by atoms with van der Waals surface area (Å²) in [6.07, 6.45) is 1.59. The van der Waals surface area contributed by atoms with Gasteiger partial charge in [-0.1, -0.05) is 0 Å². The highest BCUT2D eigenvalue weighted by atomic mass is 16.5. The zero-order valence-electron chi connectivity index (χ0n) is 10.8. The monoisotopic (exact) mass is 273 g/mol. The van der Waals surface area contributed by atoms with Gasteiger partial charge in [0.15, 0.2) is 0 Å². The van der Waals surface area contributed by atoms with Gasteiger partial charge in [0.05, 0.1) is 13.2 Å². The van der Waals surface area contributed by atoms with Crippen molar-refractivity contribution in [3.05, 3.63) is 0 Å². The molecule has 0 aliphatic heterocycles. The standard InChI is InChI=1S/C11H19N3O5/c1-19-6-5-12-8(15)7-13-10(18)14-11(9(16)17)3-2-4-11/h2-7H2,1H3,(H,12,15)(H,16,17)(H2,13,14,18). The minimum absolute atomic E-state index is 0.203. The molecule has 0 unspecified atom stereocenters. The molecule has 1 rings (SSSR count). The van der Waals surface area contributed by atoms with Crippen LogP contribution < -0.4 is 16.0 Å². The molecule has 0 aromatic rings. The van der Waals surface area contributed by atoms with Crippen molar-refractivity contribution in [1.29, 1.82) is 0 Å². The molecular weight excluding hydrogens is 254 g/mol. The first-order chi connectivity index (χ1) is 9.00. The minimum atomic E-state index is -1.17. The summed E-state index contributed by atoms with van der Waals surface area (Å²) in [4.78, 5) is 33.8. The van der Waals surface area contributed by atoms with Crippen molar-refractivity contribution in [1.82, 2.24) is 16.0 Å². The van der Waals surface area contributed by atoms with Gasteiger partial charge in [0.1, 0.15) is 5.54 Å². The van der Waals surface area contributed by atoms with E-state index >= 15 is 0 Å². The fourth-order valence-electron chi connectivity index (χ4n) is 1.70. The van der Waals surface area contributed by atoms with Crippen molar-refractivity contribution in [2.45, 2.75) is 24.8 Å². The molecule has 4 N–H and O–H groups in total. The largest absolute Gasteiger partial charge is 0.480 e. The van der Waals surface area contributed by atoms with Crippen LogP contribution in [-0.2, 0) is 14.3 Å². The van der Waals surface area contributed by atoms with Gasteiger partial charge in [-0.3, -0.25) is 4.79 Å². The molecule has 0 spiro atoms. The molecule has 8 heteroatoms. The molecule has 8 nitrogen and oxygen atoms in total. The molecular formula is C11H19N3O5. The number of urea groups is 1. The van der Waals surface area contributed by atoms with Crippen LogP contribution in [0.3, 0.4) is 0 Å². The van der Waals surface area contributed by atoms with Crippen LogP contribution in [0.25, 0.3) is 0 Å². The van der Waals surface area contributed by atoms with Crippen molar-refractivity contribution >= 4 is 17.9 Å². The van der Waals surface area contributed by atoms with E-state index in [-0.39, 0.29) is 12.5 Å². The van der Waals surface area contributed by atoms with Crippen molar-refractivity contribution in [2.75, 3.05) is 26.8 Å². The van der Waals surface area contributed by atoms with Crippen molar-refractivity contribution in [3.8, 4) is 0 Å². The van der Waals surface area contributed by atoms with Crippen LogP contribution in [-0.4, -0.2) is 55.4 Å². The van der Waals surface area contributed by atoms with Gasteiger partial charge in [-0.15, -0.1) is 0 Å². The first-order valence-corrected chi connectivity index (χ1v) is 6.05. The third-order valence-electron chi connectivity index (χ3n) is 3.01. The van der Waals surface area contributed by atoms with E-state index in [1.165, 1.54) is 7.11 Å². The molecule has 0 saturated heterocycles. The Bertz CT molecular complexity index is 354. The summed E-state index contributed by atoms with van der Waals surface area (Å²) in [7, 11) is 1.52. The normalized spacial score (nSPS) is 16.1. The van der Waals surface area contributed by atoms with Gasteiger partial charge in [-0.2, -0.15) is 0 Å². The van der Waals surface area contributed by atoms with Crippen LogP contribution in [0.1, 0.15) is 19.3 Å². The number of nitrogens with one attached hydrogen (secondary N) is 3. The molecule has 1 fully saturated rings. The Morgan fingerprint density at radius 1 is 1.26 bits per heavy atom. The highest BCUT2D eigenvalue weighted by Crippen LogP contribution is 2.31. The summed E-state index contributed by atoms with van der Waals surface area (Å²) in [5.74, 6) is -1.40. The molecule has 0 bridgehead atoms. The molecule has 0 atom stereocenters. The van der Waals surface area contributed by atoms with Gasteiger partial charge in [-0.25, -0.2) is 9.59 Å². The fourth-order valence-corrected chi connectivity index (χ4v) is 1.70. The Morgan fingerprint density at radius 2 is 1.95 bits per heavy atom. The third kappa shape index (κ3) is 4.40. The van der Waals surface area contributed by atoms with Gasteiger partial charge >= 0.3 is 12.0 Å². The first-order valence-electron chi connectivity index (χ1n) is 6.05. The fraction of sp³-hybridized carbons (Fsp3) is 0.727. The van der Waals surface area contributed by atoms with E-state index in [1.54, 1.807) is 0 Å². The number of carbonyl (C=O) groups is 3. The van der Waals surface area contributed by atoms with Gasteiger partial charge in [0.25, 0.3) is 0 Å². The summed E-state index contributed by atoms with van der Waals surface area (Å²) < 4.78 is 4.75. The lowest BCUT2D eigenvalue weighted by atomic mass is 9.77. The predicted octanol–water partition coefficient (Wildman–Crippen LogP) is -0.944. The Kier molecular flexibility index (Phi) is 5.56. The maximum atomic E-state index is 11.5. The van der Waals surface area contributed by atoms with E-state index in [2.05, 4.69) is 16.0 Å². The second kappa shape index (κ2) is 6.93. The number of hydrogen-bond acceptors (Lipinski definition) is 4. The van der Waals surface area contributed by atoms with Crippen LogP contribution in [0.15, 0.2) is 0 Å². The Balaban J connectivity index is 2.24. The van der Waals surface area contributed by atoms with Crippen molar-refractivity contribution < 1.29 is 24.2 Å². The molecule has 0 aromatic heterocycles. The maximum absolute atomic E-state index is 11.5. The van der Waals surface area contributed by atoms with E-state index < -0.39 is 17.5 Å². The van der Waals surface area contributed by atoms with Gasteiger partial charge < -0.3 is 25.8 Å². The number of carbonyl (C=O) groups excluding carboxylic acids is 2. The molecule has 1 aliphatic rings. The van der Waals surface area contributed by atoms with Gasteiger partial charge in [0, 0.05) is 13.7 Å². The summed E-state index contributed by atoms with van der Waals surface area (Å²) >= 11 is 0. The van der Waals surface area contributed by atoms with Crippen LogP contribution in [0.2, 0.25) is 0 Å². The van der Waals surface area contributed by atoms with Crippen LogP contribution in [0, 0.1) is 0 Å². The number of rotatable bonds is 7. The van der Waals surface area contributed by atoms with Crippen molar-refractivity contribution in [3.63, 3.8) is 0 Å². The number of amides is 3. The lowest BCUT2D eigenvalue weighted by Gasteiger charge is -2.38. The summed E-state index contributed by atoms with van der Waals surface area (Å²) in [6, 6.07) is -0.649. The highest BCUT2D eigenvalue weighted by Gasteiger charge is 2.45. The van der Waals surface area contributed by atoms with E-state index in [0.29, 0.717) is 26.0 Å². The SMILES string of the molecule is COCCNC(=O)CNC(=O)NC1(C(=O)O)CCC1. The number of carboxylic acid groups (broad SMARTS) is 1. The first kappa shape index (κ1) is 15.2. The van der Waals surface area contributed by atoms with E-state index in [0.717, 1.165) is 6.42 Å². The van der Waals surface area contributed by atoms with Crippen molar-refractivity contribution in [2.24, 2.45) is 0 Å². The zero-order chi connectivity index (χ0) is 14.3. The maximum Gasteiger partial charge on any atom is 0.329 e. The molecule has 1 aliphatic carbocycles. The molecule has 108 valence electrons. The average molecular weight is 273 g/mol. The number of hydrogen-bond donors (Lipinski definition) is 4. The highest BCUT2D eigenvalue weighted by molar-refractivity contribution is 5.89. The molecule has 3 amide bonds. The van der Waals surface area contributed by atoms with E-state index in [9.17, 15) is 14.4 Å². The quantitative estimate of drug-likeness (QED) is 0.446. The van der Waals surface area contributed by atoms with Crippen LogP contribution in [0.4, 0.5) is 4.79 Å². The predicted molar refractivity (Wildman–Crippen MR) is 65.6 cm³/mol. The van der Waals surface area contributed by atoms with Crippen LogP contribution >= 0.6 is 0 Å². The number of aliphatic carboxylic acids is 1. The second-order valence-electron chi connectivity index (χ2n) is 4.39. The molecule has 0 radical (unpaired) electrons. The topological polar surface area (TPSA) is 117 Å². The molecule has 0 aromatic carbocycles. The molecule has 19 heavy (non-hydrogen) atoms. The number of carboxylic acids is 1. The average Bonchev–Trinajstić information content (AvgIpc) is 2.31. The van der Waals surface area contributed by atoms with Crippen LogP contribution in [0.5, 0.6) is 0 Å². The Morgan fingerprint density at radius 3 is 2.42 bits per heavy atom. The molecule has 1 saturated carbocycles. The number of ether oxygens (including phenoxy) is 1. The smallest absolute Gasteiger partial charge is 0.329 e. The summed E-state index contributed by atoms with van der Waals surface area (Å²) in [6.45, 7) is 0.545. The Labute approximate surface area is 110 Å². The summed E-state index contributed by atoms with van der Waals surface area (Å²) in [5.41, 5.74) is -1.17. The lowest BCUT2D eigenvalue weighted by Crippen LogP contribution is -2.61. The summed E-state index contributed by atoms with van der Waals surface area (Å²) in [5, 5.41) is 16.3. The van der Waals surface area contributed by atoms with Gasteiger partial charge in [0.2, 0.25) is 5.91 Å². The zero-order valence-corrected chi connectivity index (χ0v) is 10.8.